The van der Waals surface area contributed by atoms with E-state index >= 15 is 0 Å². The molecular formula is C5H12N2O6. The summed E-state index contributed by atoms with van der Waals surface area (Å²) in [6, 6.07) is 0. The van der Waals surface area contributed by atoms with E-state index in [4.69, 9.17) is 10.2 Å². The topological polar surface area (TPSA) is 105 Å². The fraction of sp³-hybridized carbons (Fsp3) is 1.00. The Morgan fingerprint density at radius 1 is 1.23 bits per heavy atom. The molecule has 13 heavy (non-hydrogen) atoms. The predicted molar refractivity (Wildman–Crippen MR) is 39.8 cm³/mol. The van der Waals surface area contributed by atoms with Crippen LogP contribution in [0.4, 0.5) is 0 Å². The maximum absolute atomic E-state index is 10.0. The zero-order chi connectivity index (χ0) is 10.1. The third-order valence-corrected chi connectivity index (χ3v) is 0.884. The molecule has 0 saturated heterocycles. The Kier molecular flexibility index (Phi) is 7.35. The van der Waals surface area contributed by atoms with Gasteiger partial charge < -0.3 is 10.2 Å². The van der Waals surface area contributed by atoms with Crippen molar-refractivity contribution in [3.05, 3.63) is 10.1 Å². The molecular weight excluding hydrogens is 184 g/mol. The lowest BCUT2D eigenvalue weighted by atomic mass is 10.8. The molecule has 0 bridgehead atoms. The molecule has 0 fully saturated rings. The summed E-state index contributed by atoms with van der Waals surface area (Å²) >= 11 is 0. The highest BCUT2D eigenvalue weighted by Crippen LogP contribution is 1.91. The van der Waals surface area contributed by atoms with Gasteiger partial charge >= 0.3 is 6.67 Å². The second-order valence-corrected chi connectivity index (χ2v) is 1.92. The molecule has 0 aromatic heterocycles. The Morgan fingerprint density at radius 3 is 2.00 bits per heavy atom. The maximum Gasteiger partial charge on any atom is 0.303 e. The first-order chi connectivity index (χ1) is 6.20. The monoisotopic (exact) mass is 196 g/mol. The minimum Gasteiger partial charge on any atom is -0.394 e. The number of hydroxylamine groups is 2. The van der Waals surface area contributed by atoms with Crippen molar-refractivity contribution in [3.63, 3.8) is 0 Å². The second-order valence-electron chi connectivity index (χ2n) is 1.92. The molecule has 0 aliphatic rings. The highest BCUT2D eigenvalue weighted by Gasteiger charge is 2.12. The zero-order valence-electron chi connectivity index (χ0n) is 6.96. The van der Waals surface area contributed by atoms with Gasteiger partial charge in [0.25, 0.3) is 0 Å². The van der Waals surface area contributed by atoms with Crippen molar-refractivity contribution in [3.8, 4) is 0 Å². The van der Waals surface area contributed by atoms with Crippen molar-refractivity contribution in [2.24, 2.45) is 0 Å². The highest BCUT2D eigenvalue weighted by atomic mass is 17.0. The van der Waals surface area contributed by atoms with Crippen LogP contribution in [0.15, 0.2) is 0 Å². The Hall–Kier alpha value is -0.800. The van der Waals surface area contributed by atoms with Gasteiger partial charge in [-0.15, -0.1) is 0 Å². The van der Waals surface area contributed by atoms with E-state index in [1.165, 1.54) is 0 Å². The van der Waals surface area contributed by atoms with Crippen LogP contribution in [0.1, 0.15) is 0 Å². The third kappa shape index (κ3) is 7.56. The van der Waals surface area contributed by atoms with Crippen LogP contribution < -0.4 is 0 Å². The van der Waals surface area contributed by atoms with Crippen LogP contribution >= 0.6 is 0 Å². The molecule has 0 aliphatic heterocycles. The number of hydrogen-bond acceptors (Lipinski definition) is 7. The minimum absolute atomic E-state index is 0.0979. The molecule has 0 aromatic rings. The van der Waals surface area contributed by atoms with Gasteiger partial charge in [-0.25, -0.2) is 0 Å². The summed E-state index contributed by atoms with van der Waals surface area (Å²) in [7, 11) is 0. The Morgan fingerprint density at radius 2 is 1.69 bits per heavy atom. The van der Waals surface area contributed by atoms with E-state index in [0.717, 1.165) is 0 Å². The second kappa shape index (κ2) is 7.83. The van der Waals surface area contributed by atoms with Gasteiger partial charge in [-0.05, 0) is 0 Å². The van der Waals surface area contributed by atoms with Gasteiger partial charge in [-0.3, -0.25) is 19.8 Å². The average molecular weight is 196 g/mol. The van der Waals surface area contributed by atoms with Gasteiger partial charge in [0.15, 0.2) is 0 Å². The van der Waals surface area contributed by atoms with Crippen LogP contribution in [-0.2, 0) is 9.68 Å². The molecule has 78 valence electrons. The fourth-order valence-electron chi connectivity index (χ4n) is 0.498. The van der Waals surface area contributed by atoms with Gasteiger partial charge in [0, 0.05) is 10.1 Å². The molecule has 8 nitrogen and oxygen atoms in total. The first-order valence-electron chi connectivity index (χ1n) is 3.57. The lowest BCUT2D eigenvalue weighted by Crippen LogP contribution is -2.32. The fourth-order valence-corrected chi connectivity index (χ4v) is 0.498. The maximum atomic E-state index is 10.0. The number of nitro groups is 1. The summed E-state index contributed by atoms with van der Waals surface area (Å²) in [5.41, 5.74) is 0. The summed E-state index contributed by atoms with van der Waals surface area (Å²) < 4.78 is 0. The molecule has 0 rings (SSSR count). The van der Waals surface area contributed by atoms with E-state index in [9.17, 15) is 10.1 Å². The van der Waals surface area contributed by atoms with E-state index in [1.807, 2.05) is 0 Å². The molecule has 0 saturated carbocycles. The molecule has 0 unspecified atom stereocenters. The molecule has 0 atom stereocenters. The van der Waals surface area contributed by atoms with Crippen LogP contribution in [0.3, 0.4) is 0 Å². The number of nitrogens with zero attached hydrogens (tertiary/aromatic N) is 2. The number of rotatable bonds is 8. The molecule has 0 radical (unpaired) electrons. The summed E-state index contributed by atoms with van der Waals surface area (Å²) in [5, 5.41) is 27.3. The van der Waals surface area contributed by atoms with Crippen molar-refractivity contribution in [2.75, 3.05) is 33.1 Å². The van der Waals surface area contributed by atoms with E-state index in [1.54, 1.807) is 0 Å². The van der Waals surface area contributed by atoms with Crippen molar-refractivity contribution < 1.29 is 24.8 Å². The average Bonchev–Trinajstić information content (AvgIpc) is 2.09. The highest BCUT2D eigenvalue weighted by molar-refractivity contribution is 4.22. The number of hydrogen-bond donors (Lipinski definition) is 2. The van der Waals surface area contributed by atoms with E-state index in [-0.39, 0.29) is 26.4 Å². The molecule has 0 aliphatic carbocycles. The first-order valence-corrected chi connectivity index (χ1v) is 3.57. The van der Waals surface area contributed by atoms with Crippen molar-refractivity contribution in [2.45, 2.75) is 0 Å². The molecule has 8 heteroatoms. The van der Waals surface area contributed by atoms with Gasteiger partial charge in [-0.1, -0.05) is 0 Å². The SMILES string of the molecule is O=[N+]([O-])CN(OCCO)OCCO. The van der Waals surface area contributed by atoms with Crippen LogP contribution in [0.2, 0.25) is 0 Å². The van der Waals surface area contributed by atoms with E-state index < -0.39 is 11.6 Å². The largest absolute Gasteiger partial charge is 0.394 e. The van der Waals surface area contributed by atoms with E-state index in [0.29, 0.717) is 5.23 Å². The summed E-state index contributed by atoms with van der Waals surface area (Å²) in [6.07, 6.45) is 0. The molecule has 0 amide bonds. The van der Waals surface area contributed by atoms with Crippen LogP contribution in [0.5, 0.6) is 0 Å². The summed E-state index contributed by atoms with van der Waals surface area (Å²) in [5.74, 6) is 0. The van der Waals surface area contributed by atoms with Gasteiger partial charge in [0.2, 0.25) is 0 Å². The zero-order valence-corrected chi connectivity index (χ0v) is 6.96. The van der Waals surface area contributed by atoms with Gasteiger partial charge in [0.05, 0.1) is 26.4 Å². The van der Waals surface area contributed by atoms with Crippen molar-refractivity contribution >= 4 is 0 Å². The van der Waals surface area contributed by atoms with Gasteiger partial charge in [-0.2, -0.15) is 0 Å². The quantitative estimate of drug-likeness (QED) is 0.273. The Bertz CT molecular complexity index is 135. The number of aliphatic hydroxyl groups excluding tert-OH is 2. The summed E-state index contributed by atoms with van der Waals surface area (Å²) in [6.45, 7) is -1.40. The van der Waals surface area contributed by atoms with Crippen LogP contribution in [0, 0.1) is 10.1 Å². The predicted octanol–water partition coefficient (Wildman–Crippen LogP) is -1.63. The Labute approximate surface area is 74.3 Å². The molecule has 2 N–H and O–H groups in total. The lowest BCUT2D eigenvalue weighted by Gasteiger charge is -2.15. The van der Waals surface area contributed by atoms with Crippen molar-refractivity contribution in [1.82, 2.24) is 5.23 Å². The van der Waals surface area contributed by atoms with Crippen LogP contribution in [0.25, 0.3) is 0 Å². The Balaban J connectivity index is 3.66. The van der Waals surface area contributed by atoms with Crippen LogP contribution in [-0.4, -0.2) is 53.5 Å². The minimum atomic E-state index is -0.667. The van der Waals surface area contributed by atoms with Crippen molar-refractivity contribution in [1.29, 1.82) is 0 Å². The normalized spacial score (nSPS) is 10.7. The van der Waals surface area contributed by atoms with Gasteiger partial charge in [0.1, 0.15) is 0 Å². The third-order valence-electron chi connectivity index (χ3n) is 0.884. The number of aliphatic hydroxyl groups is 2. The van der Waals surface area contributed by atoms with E-state index in [2.05, 4.69) is 9.68 Å². The lowest BCUT2D eigenvalue weighted by molar-refractivity contribution is -0.572. The standard InChI is InChI=1S/C5H12N2O6/c8-1-3-12-7(5-6(10)11)13-4-2-9/h8-9H,1-5H2. The first kappa shape index (κ1) is 12.2. The smallest absolute Gasteiger partial charge is 0.303 e. The summed E-state index contributed by atoms with van der Waals surface area (Å²) in [4.78, 5) is 18.6. The molecule has 0 aromatic carbocycles. The molecule has 0 spiro atoms. The molecule has 0 heterocycles.